The number of para-hydroxylation sites is 1. The van der Waals surface area contributed by atoms with E-state index in [0.717, 1.165) is 5.69 Å². The normalized spacial score (nSPS) is 14.9. The molecule has 2 aromatic rings. The first kappa shape index (κ1) is 18.1. The van der Waals surface area contributed by atoms with E-state index in [9.17, 15) is 14.0 Å². The lowest BCUT2D eigenvalue weighted by molar-refractivity contribution is -0.134. The molecule has 0 atom stereocenters. The number of benzene rings is 2. The second-order valence-corrected chi connectivity index (χ2v) is 6.66. The molecule has 5 heteroatoms. The lowest BCUT2D eigenvalue weighted by atomic mass is 9.94. The summed E-state index contributed by atoms with van der Waals surface area (Å²) in [6, 6.07) is 15.9. The number of nitrogens with zero attached hydrogens (tertiary/aromatic N) is 2. The molecule has 3 rings (SSSR count). The summed E-state index contributed by atoms with van der Waals surface area (Å²) in [7, 11) is 1.79. The Bertz CT molecular complexity index is 771. The number of carbonyl (C=O) groups is 2. The molecule has 0 aromatic heterocycles. The summed E-state index contributed by atoms with van der Waals surface area (Å²) in [5, 5.41) is 0. The van der Waals surface area contributed by atoms with E-state index in [1.807, 2.05) is 30.3 Å². The Hall–Kier alpha value is -2.69. The molecule has 1 saturated heterocycles. The third-order valence-electron chi connectivity index (χ3n) is 4.97. The minimum atomic E-state index is -0.351. The van der Waals surface area contributed by atoms with E-state index in [0.29, 0.717) is 31.5 Å². The van der Waals surface area contributed by atoms with Gasteiger partial charge in [0.05, 0.1) is 6.42 Å². The number of likely N-dealkylation sites (tertiary alicyclic amines) is 1. The molecule has 0 spiro atoms. The summed E-state index contributed by atoms with van der Waals surface area (Å²) in [5.41, 5.74) is 1.29. The third kappa shape index (κ3) is 4.10. The average molecular weight is 354 g/mol. The Balaban J connectivity index is 1.54. The maximum Gasteiger partial charge on any atom is 0.229 e. The van der Waals surface area contributed by atoms with Gasteiger partial charge in [0.25, 0.3) is 0 Å². The van der Waals surface area contributed by atoms with Crippen LogP contribution in [0.4, 0.5) is 10.1 Å². The standard InChI is InChI=1S/C21H23FN2O2/c1-23(18-8-3-2-4-9-18)21(26)16-11-13-24(14-12-16)20(25)15-17-7-5-6-10-19(17)22/h2-10,16H,11-15H2,1H3. The number of anilines is 1. The Morgan fingerprint density at radius 1 is 1.04 bits per heavy atom. The van der Waals surface area contributed by atoms with Crippen LogP contribution in [0.25, 0.3) is 0 Å². The van der Waals surface area contributed by atoms with Gasteiger partial charge >= 0.3 is 0 Å². The molecule has 136 valence electrons. The Morgan fingerprint density at radius 3 is 2.31 bits per heavy atom. The Kier molecular flexibility index (Phi) is 5.66. The number of hydrogen-bond donors (Lipinski definition) is 0. The highest BCUT2D eigenvalue weighted by atomic mass is 19.1. The van der Waals surface area contributed by atoms with Crippen molar-refractivity contribution in [3.63, 3.8) is 0 Å². The van der Waals surface area contributed by atoms with Gasteiger partial charge in [0.15, 0.2) is 0 Å². The average Bonchev–Trinajstić information content (AvgIpc) is 2.69. The molecule has 1 heterocycles. The van der Waals surface area contributed by atoms with Crippen LogP contribution in [0.2, 0.25) is 0 Å². The molecular weight excluding hydrogens is 331 g/mol. The maximum absolute atomic E-state index is 13.7. The summed E-state index contributed by atoms with van der Waals surface area (Å²) in [6.07, 6.45) is 1.34. The molecule has 0 aliphatic carbocycles. The summed E-state index contributed by atoms with van der Waals surface area (Å²) < 4.78 is 13.7. The van der Waals surface area contributed by atoms with Crippen LogP contribution in [0.5, 0.6) is 0 Å². The molecule has 2 aromatic carbocycles. The molecule has 4 nitrogen and oxygen atoms in total. The highest BCUT2D eigenvalue weighted by molar-refractivity contribution is 5.94. The van der Waals surface area contributed by atoms with Gasteiger partial charge in [-0.2, -0.15) is 0 Å². The quantitative estimate of drug-likeness (QED) is 0.845. The van der Waals surface area contributed by atoms with Crippen molar-refractivity contribution in [3.8, 4) is 0 Å². The van der Waals surface area contributed by atoms with Gasteiger partial charge in [0.1, 0.15) is 5.82 Å². The SMILES string of the molecule is CN(C(=O)C1CCN(C(=O)Cc2ccccc2F)CC1)c1ccccc1. The van der Waals surface area contributed by atoms with Crippen molar-refractivity contribution in [2.45, 2.75) is 19.3 Å². The van der Waals surface area contributed by atoms with Crippen LogP contribution in [0.15, 0.2) is 54.6 Å². The molecule has 0 bridgehead atoms. The highest BCUT2D eigenvalue weighted by Crippen LogP contribution is 2.23. The molecule has 0 saturated carbocycles. The predicted molar refractivity (Wildman–Crippen MR) is 99.3 cm³/mol. The molecule has 0 N–H and O–H groups in total. The van der Waals surface area contributed by atoms with Gasteiger partial charge in [-0.1, -0.05) is 36.4 Å². The fraction of sp³-hybridized carbons (Fsp3) is 0.333. The summed E-state index contributed by atoms with van der Waals surface area (Å²) >= 11 is 0. The van der Waals surface area contributed by atoms with Gasteiger partial charge in [0.2, 0.25) is 11.8 Å². The molecule has 1 aliphatic heterocycles. The molecule has 2 amide bonds. The zero-order chi connectivity index (χ0) is 18.5. The number of hydrogen-bond acceptors (Lipinski definition) is 2. The number of carbonyl (C=O) groups excluding carboxylic acids is 2. The monoisotopic (exact) mass is 354 g/mol. The molecule has 1 fully saturated rings. The highest BCUT2D eigenvalue weighted by Gasteiger charge is 2.29. The Morgan fingerprint density at radius 2 is 1.65 bits per heavy atom. The van der Waals surface area contributed by atoms with Crippen LogP contribution >= 0.6 is 0 Å². The molecule has 0 unspecified atom stereocenters. The van der Waals surface area contributed by atoms with E-state index in [4.69, 9.17) is 0 Å². The van der Waals surface area contributed by atoms with E-state index in [-0.39, 0.29) is 30.0 Å². The minimum Gasteiger partial charge on any atom is -0.342 e. The van der Waals surface area contributed by atoms with Crippen molar-refractivity contribution >= 4 is 17.5 Å². The number of amides is 2. The smallest absolute Gasteiger partial charge is 0.229 e. The van der Waals surface area contributed by atoms with Gasteiger partial charge in [-0.15, -0.1) is 0 Å². The second-order valence-electron chi connectivity index (χ2n) is 6.66. The second kappa shape index (κ2) is 8.13. The summed E-state index contributed by atoms with van der Waals surface area (Å²) in [6.45, 7) is 1.07. The lowest BCUT2D eigenvalue weighted by Gasteiger charge is -2.33. The summed E-state index contributed by atoms with van der Waals surface area (Å²) in [4.78, 5) is 28.5. The van der Waals surface area contributed by atoms with E-state index in [1.165, 1.54) is 6.07 Å². The van der Waals surface area contributed by atoms with Gasteiger partial charge in [-0.3, -0.25) is 9.59 Å². The van der Waals surface area contributed by atoms with Crippen LogP contribution in [0.1, 0.15) is 18.4 Å². The molecular formula is C21H23FN2O2. The lowest BCUT2D eigenvalue weighted by Crippen LogP contribution is -2.44. The van der Waals surface area contributed by atoms with Crippen molar-refractivity contribution in [2.75, 3.05) is 25.0 Å². The predicted octanol–water partition coefficient (Wildman–Crippen LogP) is 3.27. The fourth-order valence-corrected chi connectivity index (χ4v) is 3.35. The zero-order valence-electron chi connectivity index (χ0n) is 14.9. The van der Waals surface area contributed by atoms with Gasteiger partial charge in [0, 0.05) is 31.7 Å². The van der Waals surface area contributed by atoms with E-state index < -0.39 is 0 Å². The maximum atomic E-state index is 13.7. The first-order valence-electron chi connectivity index (χ1n) is 8.90. The largest absolute Gasteiger partial charge is 0.342 e. The number of piperidine rings is 1. The van der Waals surface area contributed by atoms with Crippen LogP contribution < -0.4 is 4.90 Å². The van der Waals surface area contributed by atoms with Gasteiger partial charge < -0.3 is 9.80 Å². The minimum absolute atomic E-state index is 0.0647. The van der Waals surface area contributed by atoms with Crippen molar-refractivity contribution in [2.24, 2.45) is 5.92 Å². The Labute approximate surface area is 153 Å². The topological polar surface area (TPSA) is 40.6 Å². The van der Waals surface area contributed by atoms with Gasteiger partial charge in [-0.05, 0) is 36.6 Å². The van der Waals surface area contributed by atoms with Crippen LogP contribution in [-0.4, -0.2) is 36.9 Å². The van der Waals surface area contributed by atoms with Gasteiger partial charge in [-0.25, -0.2) is 4.39 Å². The fourth-order valence-electron chi connectivity index (χ4n) is 3.35. The van der Waals surface area contributed by atoms with Crippen molar-refractivity contribution in [1.29, 1.82) is 0 Å². The van der Waals surface area contributed by atoms with Crippen molar-refractivity contribution in [1.82, 2.24) is 4.90 Å². The summed E-state index contributed by atoms with van der Waals surface area (Å²) in [5.74, 6) is -0.442. The van der Waals surface area contributed by atoms with Crippen LogP contribution in [0.3, 0.4) is 0 Å². The van der Waals surface area contributed by atoms with E-state index in [2.05, 4.69) is 0 Å². The van der Waals surface area contributed by atoms with Crippen molar-refractivity contribution < 1.29 is 14.0 Å². The van der Waals surface area contributed by atoms with E-state index >= 15 is 0 Å². The first-order chi connectivity index (χ1) is 12.6. The molecule has 0 radical (unpaired) electrons. The van der Waals surface area contributed by atoms with Crippen LogP contribution in [0, 0.1) is 11.7 Å². The molecule has 26 heavy (non-hydrogen) atoms. The number of rotatable bonds is 4. The first-order valence-corrected chi connectivity index (χ1v) is 8.90. The zero-order valence-corrected chi connectivity index (χ0v) is 14.9. The van der Waals surface area contributed by atoms with Crippen LogP contribution in [-0.2, 0) is 16.0 Å². The number of halogens is 1. The van der Waals surface area contributed by atoms with E-state index in [1.54, 1.807) is 35.0 Å². The molecule has 1 aliphatic rings. The third-order valence-corrected chi connectivity index (χ3v) is 4.97. The van der Waals surface area contributed by atoms with Crippen molar-refractivity contribution in [3.05, 3.63) is 66.0 Å².